The van der Waals surface area contributed by atoms with Gasteiger partial charge in [-0.1, -0.05) is 6.92 Å². The number of carbonyl (C=O) groups excluding carboxylic acids is 1. The van der Waals surface area contributed by atoms with E-state index in [1.807, 2.05) is 24.3 Å². The lowest BCUT2D eigenvalue weighted by atomic mass is 10.1. The maximum absolute atomic E-state index is 12.1. The van der Waals surface area contributed by atoms with E-state index in [9.17, 15) is 4.79 Å². The number of rotatable bonds is 5. The number of benzene rings is 1. The molecule has 0 saturated carbocycles. The van der Waals surface area contributed by atoms with Gasteiger partial charge < -0.3 is 15.4 Å². The van der Waals surface area contributed by atoms with Crippen molar-refractivity contribution in [2.75, 3.05) is 25.1 Å². The Bertz CT molecular complexity index is 397. The standard InChI is InChI=1S/C15H22N2O2/c1-2-9-16-13-7-5-12(6-8-13)15(18)17-14-4-3-10-19-11-14/h5-8,14,16H,2-4,9-11H2,1H3,(H,17,18). The average molecular weight is 262 g/mol. The monoisotopic (exact) mass is 262 g/mol. The first-order valence-electron chi connectivity index (χ1n) is 7.02. The molecule has 1 unspecified atom stereocenters. The van der Waals surface area contributed by atoms with Crippen LogP contribution in [0, 0.1) is 0 Å². The van der Waals surface area contributed by atoms with Crippen LogP contribution >= 0.6 is 0 Å². The lowest BCUT2D eigenvalue weighted by molar-refractivity contribution is 0.0624. The number of anilines is 1. The van der Waals surface area contributed by atoms with Crippen molar-refractivity contribution < 1.29 is 9.53 Å². The number of ether oxygens (including phenoxy) is 1. The molecule has 4 nitrogen and oxygen atoms in total. The van der Waals surface area contributed by atoms with Crippen LogP contribution in [0.3, 0.4) is 0 Å². The van der Waals surface area contributed by atoms with Crippen LogP contribution in [0.25, 0.3) is 0 Å². The van der Waals surface area contributed by atoms with Gasteiger partial charge in [-0.3, -0.25) is 4.79 Å². The minimum atomic E-state index is -0.0162. The minimum absolute atomic E-state index is 0.0162. The summed E-state index contributed by atoms with van der Waals surface area (Å²) in [4.78, 5) is 12.1. The molecule has 1 fully saturated rings. The fourth-order valence-electron chi connectivity index (χ4n) is 2.13. The van der Waals surface area contributed by atoms with Crippen molar-refractivity contribution >= 4 is 11.6 Å². The molecule has 1 saturated heterocycles. The van der Waals surface area contributed by atoms with Gasteiger partial charge in [-0.05, 0) is 43.5 Å². The zero-order valence-corrected chi connectivity index (χ0v) is 11.4. The van der Waals surface area contributed by atoms with Crippen LogP contribution in [0.1, 0.15) is 36.5 Å². The van der Waals surface area contributed by atoms with E-state index in [1.54, 1.807) is 0 Å². The van der Waals surface area contributed by atoms with E-state index in [-0.39, 0.29) is 11.9 Å². The summed E-state index contributed by atoms with van der Waals surface area (Å²) in [6, 6.07) is 7.76. The maximum Gasteiger partial charge on any atom is 0.251 e. The van der Waals surface area contributed by atoms with Gasteiger partial charge in [0.25, 0.3) is 5.91 Å². The van der Waals surface area contributed by atoms with Crippen molar-refractivity contribution in [3.8, 4) is 0 Å². The molecule has 0 aliphatic carbocycles. The van der Waals surface area contributed by atoms with Gasteiger partial charge in [0.2, 0.25) is 0 Å². The van der Waals surface area contributed by atoms with Crippen LogP contribution in [-0.4, -0.2) is 31.7 Å². The first-order valence-corrected chi connectivity index (χ1v) is 7.02. The molecule has 0 spiro atoms. The summed E-state index contributed by atoms with van der Waals surface area (Å²) in [6.07, 6.45) is 3.11. The lowest BCUT2D eigenvalue weighted by Gasteiger charge is -2.23. The average Bonchev–Trinajstić information content (AvgIpc) is 2.46. The van der Waals surface area contributed by atoms with Crippen molar-refractivity contribution in [2.24, 2.45) is 0 Å². The molecule has 0 aromatic heterocycles. The van der Waals surface area contributed by atoms with Gasteiger partial charge in [-0.15, -0.1) is 0 Å². The summed E-state index contributed by atoms with van der Waals surface area (Å²) in [5.41, 5.74) is 1.76. The Labute approximate surface area is 114 Å². The van der Waals surface area contributed by atoms with Crippen LogP contribution in [0.5, 0.6) is 0 Å². The van der Waals surface area contributed by atoms with E-state index >= 15 is 0 Å². The molecule has 0 bridgehead atoms. The lowest BCUT2D eigenvalue weighted by Crippen LogP contribution is -2.40. The van der Waals surface area contributed by atoms with Gasteiger partial charge in [0.15, 0.2) is 0 Å². The molecular weight excluding hydrogens is 240 g/mol. The summed E-state index contributed by atoms with van der Waals surface area (Å²) >= 11 is 0. The fraction of sp³-hybridized carbons (Fsp3) is 0.533. The largest absolute Gasteiger partial charge is 0.385 e. The summed E-state index contributed by atoms with van der Waals surface area (Å²) in [5.74, 6) is -0.0162. The predicted octanol–water partition coefficient (Wildman–Crippen LogP) is 2.42. The third kappa shape index (κ3) is 4.24. The van der Waals surface area contributed by atoms with Crippen molar-refractivity contribution in [3.05, 3.63) is 29.8 Å². The molecule has 1 atom stereocenters. The van der Waals surface area contributed by atoms with Gasteiger partial charge in [0.05, 0.1) is 12.6 Å². The highest BCUT2D eigenvalue weighted by Gasteiger charge is 2.16. The Kier molecular flexibility index (Phi) is 5.21. The van der Waals surface area contributed by atoms with E-state index in [1.165, 1.54) is 0 Å². The summed E-state index contributed by atoms with van der Waals surface area (Å²) in [6.45, 7) is 4.51. The zero-order valence-electron chi connectivity index (χ0n) is 11.4. The Balaban J connectivity index is 1.87. The molecule has 1 amide bonds. The molecule has 104 valence electrons. The summed E-state index contributed by atoms with van der Waals surface area (Å²) in [5, 5.41) is 6.30. The molecule has 19 heavy (non-hydrogen) atoms. The molecule has 0 radical (unpaired) electrons. The van der Waals surface area contributed by atoms with E-state index in [2.05, 4.69) is 17.6 Å². The van der Waals surface area contributed by atoms with E-state index in [0.29, 0.717) is 12.2 Å². The Morgan fingerprint density at radius 3 is 2.79 bits per heavy atom. The number of carbonyl (C=O) groups is 1. The highest BCUT2D eigenvalue weighted by molar-refractivity contribution is 5.94. The zero-order chi connectivity index (χ0) is 13.5. The quantitative estimate of drug-likeness (QED) is 0.857. The normalized spacial score (nSPS) is 18.9. The first-order chi connectivity index (χ1) is 9.29. The summed E-state index contributed by atoms with van der Waals surface area (Å²) in [7, 11) is 0. The van der Waals surface area contributed by atoms with E-state index in [0.717, 1.165) is 38.1 Å². The third-order valence-corrected chi connectivity index (χ3v) is 3.22. The van der Waals surface area contributed by atoms with Crippen molar-refractivity contribution in [1.82, 2.24) is 5.32 Å². The molecular formula is C15H22N2O2. The number of hydrogen-bond donors (Lipinski definition) is 2. The van der Waals surface area contributed by atoms with Crippen LogP contribution in [0.4, 0.5) is 5.69 Å². The van der Waals surface area contributed by atoms with Crippen molar-refractivity contribution in [3.63, 3.8) is 0 Å². The second kappa shape index (κ2) is 7.14. The van der Waals surface area contributed by atoms with Crippen LogP contribution in [-0.2, 0) is 4.74 Å². The number of hydrogen-bond acceptors (Lipinski definition) is 3. The topological polar surface area (TPSA) is 50.4 Å². The van der Waals surface area contributed by atoms with Crippen LogP contribution < -0.4 is 10.6 Å². The third-order valence-electron chi connectivity index (χ3n) is 3.22. The number of nitrogens with one attached hydrogen (secondary N) is 2. The highest BCUT2D eigenvalue weighted by Crippen LogP contribution is 2.11. The van der Waals surface area contributed by atoms with Gasteiger partial charge in [0, 0.05) is 24.4 Å². The second-order valence-corrected chi connectivity index (χ2v) is 4.89. The second-order valence-electron chi connectivity index (χ2n) is 4.89. The predicted molar refractivity (Wildman–Crippen MR) is 76.5 cm³/mol. The molecule has 2 rings (SSSR count). The molecule has 2 N–H and O–H groups in total. The molecule has 1 heterocycles. The van der Waals surface area contributed by atoms with Crippen LogP contribution in [0.15, 0.2) is 24.3 Å². The van der Waals surface area contributed by atoms with Gasteiger partial charge in [0.1, 0.15) is 0 Å². The SMILES string of the molecule is CCCNc1ccc(C(=O)NC2CCCOC2)cc1. The Morgan fingerprint density at radius 2 is 2.16 bits per heavy atom. The Hall–Kier alpha value is -1.55. The van der Waals surface area contributed by atoms with Gasteiger partial charge in [-0.2, -0.15) is 0 Å². The maximum atomic E-state index is 12.1. The molecule has 1 aromatic carbocycles. The van der Waals surface area contributed by atoms with Crippen molar-refractivity contribution in [1.29, 1.82) is 0 Å². The van der Waals surface area contributed by atoms with Gasteiger partial charge in [-0.25, -0.2) is 0 Å². The fourth-order valence-corrected chi connectivity index (χ4v) is 2.13. The van der Waals surface area contributed by atoms with E-state index in [4.69, 9.17) is 4.74 Å². The van der Waals surface area contributed by atoms with E-state index < -0.39 is 0 Å². The van der Waals surface area contributed by atoms with Crippen molar-refractivity contribution in [2.45, 2.75) is 32.2 Å². The molecule has 4 heteroatoms. The molecule has 1 aliphatic rings. The van der Waals surface area contributed by atoms with Crippen LogP contribution in [0.2, 0.25) is 0 Å². The summed E-state index contributed by atoms with van der Waals surface area (Å²) < 4.78 is 5.36. The Morgan fingerprint density at radius 1 is 1.37 bits per heavy atom. The highest BCUT2D eigenvalue weighted by atomic mass is 16.5. The molecule has 1 aromatic rings. The minimum Gasteiger partial charge on any atom is -0.385 e. The van der Waals surface area contributed by atoms with Gasteiger partial charge >= 0.3 is 0 Å². The smallest absolute Gasteiger partial charge is 0.251 e. The number of amides is 1. The first kappa shape index (κ1) is 13.9. The molecule has 1 aliphatic heterocycles.